The Hall–Kier alpha value is -0.860. The zero-order valence-corrected chi connectivity index (χ0v) is 18.6. The summed E-state index contributed by atoms with van der Waals surface area (Å²) in [5.74, 6) is 1.38. The van der Waals surface area contributed by atoms with E-state index in [0.717, 1.165) is 38.6 Å². The highest BCUT2D eigenvalue weighted by Crippen LogP contribution is 2.20. The van der Waals surface area contributed by atoms with Crippen molar-refractivity contribution >= 4 is 29.9 Å². The molecule has 5 nitrogen and oxygen atoms in total. The second-order valence-electron chi connectivity index (χ2n) is 6.91. The van der Waals surface area contributed by atoms with E-state index < -0.39 is 0 Å². The highest BCUT2D eigenvalue weighted by Gasteiger charge is 2.16. The number of halogens is 1. The van der Waals surface area contributed by atoms with Gasteiger partial charge in [-0.05, 0) is 56.3 Å². The van der Waals surface area contributed by atoms with Crippen molar-refractivity contribution in [1.82, 2.24) is 10.2 Å². The van der Waals surface area contributed by atoms with Crippen LogP contribution in [0.5, 0.6) is 0 Å². The molecular weight excluding hydrogens is 439 g/mol. The normalized spacial score (nSPS) is 16.3. The Balaban J connectivity index is 0.00000338. The predicted octanol–water partition coefficient (Wildman–Crippen LogP) is 3.37. The maximum Gasteiger partial charge on any atom is 0.188 e. The molecule has 0 radical (unpaired) electrons. The molecule has 1 saturated heterocycles. The molecule has 3 N–H and O–H groups in total. The predicted molar refractivity (Wildman–Crippen MR) is 120 cm³/mol. The lowest BCUT2D eigenvalue weighted by Gasteiger charge is -2.30. The molecule has 0 saturated carbocycles. The summed E-state index contributed by atoms with van der Waals surface area (Å²) >= 11 is 0. The second kappa shape index (κ2) is 13.3. The summed E-state index contributed by atoms with van der Waals surface area (Å²) in [7, 11) is 0. The SMILES string of the molecule is CCOCCCNC(N)=NCc1ccccc1CN1CCC(C)CC1.I. The zero-order valence-electron chi connectivity index (χ0n) is 16.2. The van der Waals surface area contributed by atoms with E-state index in [4.69, 9.17) is 10.5 Å². The van der Waals surface area contributed by atoms with Crippen LogP contribution >= 0.6 is 24.0 Å². The molecule has 148 valence electrons. The van der Waals surface area contributed by atoms with E-state index in [1.54, 1.807) is 0 Å². The van der Waals surface area contributed by atoms with Gasteiger partial charge in [0.15, 0.2) is 5.96 Å². The zero-order chi connectivity index (χ0) is 17.9. The van der Waals surface area contributed by atoms with E-state index in [2.05, 4.69) is 46.4 Å². The molecule has 6 heteroatoms. The largest absolute Gasteiger partial charge is 0.382 e. The molecule has 0 spiro atoms. The van der Waals surface area contributed by atoms with Gasteiger partial charge < -0.3 is 15.8 Å². The van der Waals surface area contributed by atoms with Crippen LogP contribution < -0.4 is 11.1 Å². The van der Waals surface area contributed by atoms with Crippen LogP contribution in [0.3, 0.4) is 0 Å². The second-order valence-corrected chi connectivity index (χ2v) is 6.91. The van der Waals surface area contributed by atoms with Crippen LogP contribution in [0.2, 0.25) is 0 Å². The minimum Gasteiger partial charge on any atom is -0.382 e. The molecule has 1 fully saturated rings. The first-order valence-electron chi connectivity index (χ1n) is 9.59. The van der Waals surface area contributed by atoms with Crippen LogP contribution in [0, 0.1) is 5.92 Å². The van der Waals surface area contributed by atoms with Gasteiger partial charge in [0.2, 0.25) is 0 Å². The van der Waals surface area contributed by atoms with Crippen LogP contribution in [-0.2, 0) is 17.8 Å². The molecule has 1 aromatic carbocycles. The minimum atomic E-state index is 0. The number of hydrogen-bond donors (Lipinski definition) is 2. The van der Waals surface area contributed by atoms with Gasteiger partial charge in [-0.1, -0.05) is 31.2 Å². The van der Waals surface area contributed by atoms with Crippen molar-refractivity contribution in [3.05, 3.63) is 35.4 Å². The highest BCUT2D eigenvalue weighted by molar-refractivity contribution is 14.0. The molecule has 0 aromatic heterocycles. The van der Waals surface area contributed by atoms with Gasteiger partial charge in [-0.3, -0.25) is 4.90 Å². The van der Waals surface area contributed by atoms with Crippen LogP contribution in [0.15, 0.2) is 29.3 Å². The van der Waals surface area contributed by atoms with E-state index in [-0.39, 0.29) is 24.0 Å². The molecule has 0 aliphatic carbocycles. The van der Waals surface area contributed by atoms with Gasteiger partial charge in [-0.2, -0.15) is 0 Å². The summed E-state index contributed by atoms with van der Waals surface area (Å²) in [6.45, 7) is 10.7. The molecule has 2 rings (SSSR count). The number of piperidine rings is 1. The fourth-order valence-electron chi connectivity index (χ4n) is 3.09. The quantitative estimate of drug-likeness (QED) is 0.249. The van der Waals surface area contributed by atoms with Gasteiger partial charge in [-0.25, -0.2) is 4.99 Å². The molecule has 1 heterocycles. The summed E-state index contributed by atoms with van der Waals surface area (Å²) in [6, 6.07) is 8.57. The lowest BCUT2D eigenvalue weighted by Crippen LogP contribution is -2.33. The van der Waals surface area contributed by atoms with Crippen molar-refractivity contribution in [1.29, 1.82) is 0 Å². The molecule has 0 unspecified atom stereocenters. The molecule has 1 aliphatic heterocycles. The number of benzene rings is 1. The van der Waals surface area contributed by atoms with Gasteiger partial charge in [-0.15, -0.1) is 24.0 Å². The molecule has 0 amide bonds. The molecule has 1 aromatic rings. The molecule has 0 atom stereocenters. The maximum absolute atomic E-state index is 5.97. The highest BCUT2D eigenvalue weighted by atomic mass is 127. The van der Waals surface area contributed by atoms with Gasteiger partial charge in [0, 0.05) is 26.3 Å². The van der Waals surface area contributed by atoms with Crippen molar-refractivity contribution in [2.75, 3.05) is 32.8 Å². The van der Waals surface area contributed by atoms with E-state index in [1.165, 1.54) is 37.1 Å². The Morgan fingerprint density at radius 2 is 1.96 bits per heavy atom. The number of aliphatic imine (C=N–C) groups is 1. The monoisotopic (exact) mass is 474 g/mol. The number of nitrogens with zero attached hydrogens (tertiary/aromatic N) is 2. The van der Waals surface area contributed by atoms with Crippen LogP contribution in [-0.4, -0.2) is 43.7 Å². The Morgan fingerprint density at radius 3 is 2.65 bits per heavy atom. The third kappa shape index (κ3) is 8.68. The van der Waals surface area contributed by atoms with Gasteiger partial charge in [0.05, 0.1) is 6.54 Å². The molecule has 26 heavy (non-hydrogen) atoms. The molecular formula is C20H35IN4O. The van der Waals surface area contributed by atoms with Crippen LogP contribution in [0.1, 0.15) is 44.2 Å². The first-order valence-corrected chi connectivity index (χ1v) is 9.59. The summed E-state index contributed by atoms with van der Waals surface area (Å²) < 4.78 is 5.31. The number of ether oxygens (including phenoxy) is 1. The first kappa shape index (κ1) is 23.2. The Bertz CT molecular complexity index is 530. The number of hydrogen-bond acceptors (Lipinski definition) is 3. The lowest BCUT2D eigenvalue weighted by molar-refractivity contribution is 0.145. The minimum absolute atomic E-state index is 0. The number of guanidine groups is 1. The molecule has 0 bridgehead atoms. The average molecular weight is 474 g/mol. The first-order chi connectivity index (χ1) is 12.2. The Kier molecular flexibility index (Phi) is 11.9. The average Bonchev–Trinajstić information content (AvgIpc) is 2.63. The number of rotatable bonds is 9. The van der Waals surface area contributed by atoms with Crippen molar-refractivity contribution < 1.29 is 4.74 Å². The van der Waals surface area contributed by atoms with Crippen LogP contribution in [0.25, 0.3) is 0 Å². The topological polar surface area (TPSA) is 62.9 Å². The van der Waals surface area contributed by atoms with Gasteiger partial charge >= 0.3 is 0 Å². The fourth-order valence-corrected chi connectivity index (χ4v) is 3.09. The van der Waals surface area contributed by atoms with Crippen LogP contribution in [0.4, 0.5) is 0 Å². The van der Waals surface area contributed by atoms with Crippen molar-refractivity contribution in [2.45, 2.75) is 46.2 Å². The maximum atomic E-state index is 5.97. The number of nitrogens with one attached hydrogen (secondary N) is 1. The summed E-state index contributed by atoms with van der Waals surface area (Å²) in [5.41, 5.74) is 8.60. The van der Waals surface area contributed by atoms with Crippen molar-refractivity contribution in [3.63, 3.8) is 0 Å². The Morgan fingerprint density at radius 1 is 1.27 bits per heavy atom. The third-order valence-electron chi connectivity index (χ3n) is 4.78. The van der Waals surface area contributed by atoms with E-state index in [0.29, 0.717) is 12.5 Å². The summed E-state index contributed by atoms with van der Waals surface area (Å²) in [6.07, 6.45) is 3.55. The summed E-state index contributed by atoms with van der Waals surface area (Å²) in [4.78, 5) is 7.06. The smallest absolute Gasteiger partial charge is 0.188 e. The molecule has 1 aliphatic rings. The van der Waals surface area contributed by atoms with Gasteiger partial charge in [0.25, 0.3) is 0 Å². The number of likely N-dealkylation sites (tertiary alicyclic amines) is 1. The Labute approximate surface area is 175 Å². The van der Waals surface area contributed by atoms with E-state index in [1.807, 2.05) is 6.92 Å². The standard InChI is InChI=1S/C20H34N4O.HI/c1-3-25-14-6-11-22-20(21)23-15-18-7-4-5-8-19(18)16-24-12-9-17(2)10-13-24;/h4-5,7-8,17H,3,6,9-16H2,1-2H3,(H3,21,22,23);1H. The van der Waals surface area contributed by atoms with Crippen molar-refractivity contribution in [3.8, 4) is 0 Å². The van der Waals surface area contributed by atoms with E-state index >= 15 is 0 Å². The number of nitrogens with two attached hydrogens (primary N) is 1. The lowest BCUT2D eigenvalue weighted by atomic mass is 9.98. The van der Waals surface area contributed by atoms with Crippen molar-refractivity contribution in [2.24, 2.45) is 16.6 Å². The fraction of sp³-hybridized carbons (Fsp3) is 0.650. The summed E-state index contributed by atoms with van der Waals surface area (Å²) in [5, 5.41) is 3.15. The third-order valence-corrected chi connectivity index (χ3v) is 4.78. The van der Waals surface area contributed by atoms with Gasteiger partial charge in [0.1, 0.15) is 0 Å². The van der Waals surface area contributed by atoms with E-state index in [9.17, 15) is 0 Å².